The Morgan fingerprint density at radius 1 is 0.966 bits per heavy atom. The molecule has 0 saturated carbocycles. The van der Waals surface area contributed by atoms with E-state index < -0.39 is 0 Å². The Kier molecular flexibility index (Phi) is 11.7. The summed E-state index contributed by atoms with van der Waals surface area (Å²) in [6, 6.07) is 13.3. The molecule has 0 amide bonds. The quantitative estimate of drug-likeness (QED) is 0.214. The van der Waals surface area contributed by atoms with Gasteiger partial charge in [-0.1, -0.05) is 6.07 Å². The van der Waals surface area contributed by atoms with E-state index in [2.05, 4.69) is 15.6 Å². The van der Waals surface area contributed by atoms with Crippen LogP contribution in [-0.4, -0.2) is 47.0 Å². The topological polar surface area (TPSA) is 73.3 Å². The largest absolute Gasteiger partial charge is 0.497 e. The molecule has 0 aliphatic heterocycles. The number of nitrogens with one attached hydrogen (secondary N) is 2. The van der Waals surface area contributed by atoms with Gasteiger partial charge in [-0.3, -0.25) is 4.99 Å². The van der Waals surface area contributed by atoms with Crippen LogP contribution in [0.5, 0.6) is 23.0 Å². The number of ether oxygens (including phenoxy) is 4. The lowest BCUT2D eigenvalue weighted by molar-refractivity contribution is 0.309. The summed E-state index contributed by atoms with van der Waals surface area (Å²) in [5.41, 5.74) is 0.862. The second-order valence-electron chi connectivity index (χ2n) is 5.80. The van der Waals surface area contributed by atoms with E-state index in [-0.39, 0.29) is 24.0 Å². The van der Waals surface area contributed by atoms with E-state index in [9.17, 15) is 0 Å². The van der Waals surface area contributed by atoms with Crippen molar-refractivity contribution in [3.05, 3.63) is 42.5 Å². The van der Waals surface area contributed by atoms with Crippen LogP contribution >= 0.6 is 24.0 Å². The maximum atomic E-state index is 5.74. The molecule has 0 fully saturated rings. The highest BCUT2D eigenvalue weighted by Crippen LogP contribution is 2.30. The van der Waals surface area contributed by atoms with Crippen LogP contribution in [0.1, 0.15) is 13.3 Å². The van der Waals surface area contributed by atoms with Crippen LogP contribution in [0.3, 0.4) is 0 Å². The molecule has 2 aromatic carbocycles. The van der Waals surface area contributed by atoms with Crippen molar-refractivity contribution in [2.24, 2.45) is 4.99 Å². The van der Waals surface area contributed by atoms with Crippen molar-refractivity contribution < 1.29 is 18.9 Å². The Labute approximate surface area is 189 Å². The first-order chi connectivity index (χ1) is 13.7. The smallest absolute Gasteiger partial charge is 0.195 e. The predicted molar refractivity (Wildman–Crippen MR) is 128 cm³/mol. The molecule has 0 spiro atoms. The molecule has 7 nitrogen and oxygen atoms in total. The number of methoxy groups -OCH3 is 2. The van der Waals surface area contributed by atoms with E-state index in [1.54, 1.807) is 21.3 Å². The first kappa shape index (κ1) is 24.7. The summed E-state index contributed by atoms with van der Waals surface area (Å²) in [5.74, 6) is 3.64. The molecule has 0 bridgehead atoms. The van der Waals surface area contributed by atoms with E-state index in [1.807, 2.05) is 49.4 Å². The van der Waals surface area contributed by atoms with E-state index in [1.165, 1.54) is 0 Å². The average Bonchev–Trinajstić information content (AvgIpc) is 2.73. The molecule has 2 aromatic rings. The molecular formula is C21H30IN3O4. The number of hydrogen-bond donors (Lipinski definition) is 2. The zero-order valence-corrected chi connectivity index (χ0v) is 19.7. The van der Waals surface area contributed by atoms with Crippen molar-refractivity contribution >= 4 is 35.6 Å². The highest BCUT2D eigenvalue weighted by atomic mass is 127. The third kappa shape index (κ3) is 8.26. The van der Waals surface area contributed by atoms with Crippen molar-refractivity contribution in [3.63, 3.8) is 0 Å². The Morgan fingerprint density at radius 2 is 1.76 bits per heavy atom. The maximum Gasteiger partial charge on any atom is 0.195 e. The summed E-state index contributed by atoms with van der Waals surface area (Å²) in [6.45, 7) is 3.84. The lowest BCUT2D eigenvalue weighted by atomic mass is 10.2. The predicted octanol–water partition coefficient (Wildman–Crippen LogP) is 4.18. The van der Waals surface area contributed by atoms with Gasteiger partial charge < -0.3 is 29.6 Å². The van der Waals surface area contributed by atoms with Gasteiger partial charge in [-0.25, -0.2) is 0 Å². The summed E-state index contributed by atoms with van der Waals surface area (Å²) in [6.07, 6.45) is 0.824. The molecule has 29 heavy (non-hydrogen) atoms. The standard InChI is InChI=1S/C21H29N3O4.HI/c1-5-27-19-11-10-16(14-20(19)26-4)24-21(22-2)23-12-7-13-28-18-9-6-8-17(15-18)25-3;/h6,8-11,14-15H,5,7,12-13H2,1-4H3,(H2,22,23,24);1H. The number of halogens is 1. The molecule has 0 aliphatic rings. The SMILES string of the molecule is CCOc1ccc(NC(=NC)NCCCOc2cccc(OC)c2)cc1OC.I. The molecule has 2 rings (SSSR count). The van der Waals surface area contributed by atoms with Crippen molar-refractivity contribution in [2.75, 3.05) is 46.3 Å². The number of hydrogen-bond acceptors (Lipinski definition) is 5. The highest BCUT2D eigenvalue weighted by molar-refractivity contribution is 14.0. The first-order valence-electron chi connectivity index (χ1n) is 9.25. The molecule has 0 aromatic heterocycles. The second kappa shape index (κ2) is 13.8. The van der Waals surface area contributed by atoms with Gasteiger partial charge in [0, 0.05) is 31.4 Å². The summed E-state index contributed by atoms with van der Waals surface area (Å²) >= 11 is 0. The maximum absolute atomic E-state index is 5.74. The van der Waals surface area contributed by atoms with Crippen LogP contribution in [0.2, 0.25) is 0 Å². The fourth-order valence-corrected chi connectivity index (χ4v) is 2.50. The van der Waals surface area contributed by atoms with Crippen LogP contribution in [0, 0.1) is 0 Å². The monoisotopic (exact) mass is 515 g/mol. The third-order valence-corrected chi connectivity index (χ3v) is 3.87. The van der Waals surface area contributed by atoms with E-state index in [0.717, 1.165) is 30.2 Å². The Hall–Kier alpha value is -2.36. The lowest BCUT2D eigenvalue weighted by Gasteiger charge is -2.14. The number of rotatable bonds is 10. The third-order valence-electron chi connectivity index (χ3n) is 3.87. The van der Waals surface area contributed by atoms with Gasteiger partial charge in [0.15, 0.2) is 17.5 Å². The minimum atomic E-state index is 0. The van der Waals surface area contributed by atoms with Crippen LogP contribution in [-0.2, 0) is 0 Å². The van der Waals surface area contributed by atoms with Gasteiger partial charge >= 0.3 is 0 Å². The van der Waals surface area contributed by atoms with Gasteiger partial charge in [-0.2, -0.15) is 0 Å². The molecule has 8 heteroatoms. The number of anilines is 1. The van der Waals surface area contributed by atoms with Crippen molar-refractivity contribution in [2.45, 2.75) is 13.3 Å². The van der Waals surface area contributed by atoms with Crippen LogP contribution in [0.15, 0.2) is 47.5 Å². The normalized spacial score (nSPS) is 10.6. The van der Waals surface area contributed by atoms with E-state index >= 15 is 0 Å². The molecular weight excluding hydrogens is 485 g/mol. The van der Waals surface area contributed by atoms with Gasteiger partial charge in [-0.15, -0.1) is 24.0 Å². The van der Waals surface area contributed by atoms with E-state index in [0.29, 0.717) is 30.7 Å². The zero-order chi connectivity index (χ0) is 20.2. The van der Waals surface area contributed by atoms with Crippen LogP contribution in [0.25, 0.3) is 0 Å². The molecule has 0 aliphatic carbocycles. The number of aliphatic imine (C=N–C) groups is 1. The summed E-state index contributed by atoms with van der Waals surface area (Å²) in [4.78, 5) is 4.24. The lowest BCUT2D eigenvalue weighted by Crippen LogP contribution is -2.32. The van der Waals surface area contributed by atoms with Gasteiger partial charge in [-0.05, 0) is 37.6 Å². The average molecular weight is 515 g/mol. The fraction of sp³-hybridized carbons (Fsp3) is 0.381. The highest BCUT2D eigenvalue weighted by Gasteiger charge is 2.07. The summed E-state index contributed by atoms with van der Waals surface area (Å²) < 4.78 is 21.8. The molecule has 0 unspecified atom stereocenters. The van der Waals surface area contributed by atoms with Crippen molar-refractivity contribution in [1.29, 1.82) is 0 Å². The van der Waals surface area contributed by atoms with Gasteiger partial charge in [0.05, 0.1) is 27.4 Å². The van der Waals surface area contributed by atoms with Gasteiger partial charge in [0.25, 0.3) is 0 Å². The second-order valence-corrected chi connectivity index (χ2v) is 5.80. The molecule has 0 radical (unpaired) electrons. The summed E-state index contributed by atoms with van der Waals surface area (Å²) in [5, 5.41) is 6.51. The Balaban J connectivity index is 0.00000420. The minimum absolute atomic E-state index is 0. The molecule has 0 atom stereocenters. The first-order valence-corrected chi connectivity index (χ1v) is 9.25. The number of guanidine groups is 1. The molecule has 160 valence electrons. The minimum Gasteiger partial charge on any atom is -0.497 e. The van der Waals surface area contributed by atoms with Gasteiger partial charge in [0.2, 0.25) is 0 Å². The van der Waals surface area contributed by atoms with Crippen molar-refractivity contribution in [3.8, 4) is 23.0 Å². The number of nitrogens with zero attached hydrogens (tertiary/aromatic N) is 1. The molecule has 0 saturated heterocycles. The Morgan fingerprint density at radius 3 is 2.45 bits per heavy atom. The van der Waals surface area contributed by atoms with Gasteiger partial charge in [0.1, 0.15) is 11.5 Å². The molecule has 2 N–H and O–H groups in total. The number of benzene rings is 2. The zero-order valence-electron chi connectivity index (χ0n) is 17.4. The summed E-state index contributed by atoms with van der Waals surface area (Å²) in [7, 11) is 4.99. The van der Waals surface area contributed by atoms with Crippen molar-refractivity contribution in [1.82, 2.24) is 5.32 Å². The Bertz CT molecular complexity index is 771. The van der Waals surface area contributed by atoms with Crippen LogP contribution < -0.4 is 29.6 Å². The van der Waals surface area contributed by atoms with Crippen LogP contribution in [0.4, 0.5) is 5.69 Å². The molecule has 0 heterocycles. The van der Waals surface area contributed by atoms with E-state index in [4.69, 9.17) is 18.9 Å². The fourth-order valence-electron chi connectivity index (χ4n) is 2.50.